The quantitative estimate of drug-likeness (QED) is 0.877. The number of aryl methyl sites for hydroxylation is 1. The van der Waals surface area contributed by atoms with Gasteiger partial charge in [-0.25, -0.2) is 0 Å². The average Bonchev–Trinajstić information content (AvgIpc) is 2.97. The number of aromatic nitrogens is 3. The van der Waals surface area contributed by atoms with E-state index in [-0.39, 0.29) is 5.92 Å². The summed E-state index contributed by atoms with van der Waals surface area (Å²) in [5.74, 6) is 1.48. The van der Waals surface area contributed by atoms with Gasteiger partial charge in [-0.05, 0) is 38.4 Å². The van der Waals surface area contributed by atoms with Crippen molar-refractivity contribution in [3.05, 3.63) is 29.8 Å². The number of likely N-dealkylation sites (N-methyl/N-ethyl adjacent to an activating group) is 1. The van der Waals surface area contributed by atoms with Gasteiger partial charge >= 0.3 is 0 Å². The number of pyridine rings is 1. The molecule has 20 heavy (non-hydrogen) atoms. The van der Waals surface area contributed by atoms with Crippen molar-refractivity contribution in [3.63, 3.8) is 0 Å². The van der Waals surface area contributed by atoms with Crippen molar-refractivity contribution in [1.29, 1.82) is 0 Å². The zero-order valence-electron chi connectivity index (χ0n) is 12.6. The zero-order valence-corrected chi connectivity index (χ0v) is 12.6. The van der Waals surface area contributed by atoms with E-state index < -0.39 is 0 Å². The van der Waals surface area contributed by atoms with E-state index in [1.165, 1.54) is 0 Å². The predicted molar refractivity (Wildman–Crippen MR) is 78.5 cm³/mol. The summed E-state index contributed by atoms with van der Waals surface area (Å²) in [5, 5.41) is 7.35. The summed E-state index contributed by atoms with van der Waals surface area (Å²) in [4.78, 5) is 8.93. The van der Waals surface area contributed by atoms with Crippen molar-refractivity contribution in [2.24, 2.45) is 0 Å². The van der Waals surface area contributed by atoms with Crippen LogP contribution in [0.25, 0.3) is 11.5 Å². The van der Waals surface area contributed by atoms with Gasteiger partial charge in [-0.3, -0.25) is 4.98 Å². The highest BCUT2D eigenvalue weighted by atomic mass is 16.5. The summed E-state index contributed by atoms with van der Waals surface area (Å²) in [6.45, 7) is 6.34. The first kappa shape index (κ1) is 14.7. The number of rotatable bonds is 6. The van der Waals surface area contributed by atoms with Gasteiger partial charge in [-0.1, -0.05) is 25.1 Å². The smallest absolute Gasteiger partial charge is 0.231 e. The van der Waals surface area contributed by atoms with Gasteiger partial charge in [-0.2, -0.15) is 4.98 Å². The SMILES string of the molecule is CCc1cccnc1-c1noc(C(CC)C(C)NC)n1. The molecule has 0 aliphatic heterocycles. The van der Waals surface area contributed by atoms with Crippen molar-refractivity contribution in [3.8, 4) is 11.5 Å². The molecule has 1 N–H and O–H groups in total. The van der Waals surface area contributed by atoms with Crippen LogP contribution in [0.2, 0.25) is 0 Å². The Balaban J connectivity index is 2.33. The molecule has 0 saturated carbocycles. The van der Waals surface area contributed by atoms with Crippen LogP contribution in [0.15, 0.2) is 22.9 Å². The van der Waals surface area contributed by atoms with Crippen LogP contribution in [0.5, 0.6) is 0 Å². The molecule has 0 aliphatic carbocycles. The van der Waals surface area contributed by atoms with E-state index in [1.54, 1.807) is 6.20 Å². The number of nitrogens with one attached hydrogen (secondary N) is 1. The predicted octanol–water partition coefficient (Wildman–Crippen LogP) is 2.80. The second kappa shape index (κ2) is 6.61. The molecule has 5 heteroatoms. The van der Waals surface area contributed by atoms with Gasteiger partial charge in [0.2, 0.25) is 11.7 Å². The molecule has 108 valence electrons. The largest absolute Gasteiger partial charge is 0.339 e. The lowest BCUT2D eigenvalue weighted by Gasteiger charge is -2.17. The fourth-order valence-electron chi connectivity index (χ4n) is 2.35. The third kappa shape index (κ3) is 2.88. The van der Waals surface area contributed by atoms with E-state index in [0.717, 1.165) is 24.1 Å². The first-order valence-electron chi connectivity index (χ1n) is 7.16. The molecule has 0 aromatic carbocycles. The molecule has 0 fully saturated rings. The van der Waals surface area contributed by atoms with Gasteiger partial charge in [0, 0.05) is 12.2 Å². The summed E-state index contributed by atoms with van der Waals surface area (Å²) >= 11 is 0. The van der Waals surface area contributed by atoms with E-state index in [2.05, 4.69) is 41.2 Å². The molecule has 0 saturated heterocycles. The van der Waals surface area contributed by atoms with Crippen LogP contribution in [-0.2, 0) is 6.42 Å². The highest BCUT2D eigenvalue weighted by Crippen LogP contribution is 2.25. The molecule has 2 atom stereocenters. The Morgan fingerprint density at radius 2 is 2.15 bits per heavy atom. The first-order chi connectivity index (χ1) is 9.71. The monoisotopic (exact) mass is 274 g/mol. The van der Waals surface area contributed by atoms with Crippen LogP contribution in [0, 0.1) is 0 Å². The standard InChI is InChI=1S/C15H22N4O/c1-5-11-8-7-9-17-13(11)14-18-15(20-19-14)12(6-2)10(3)16-4/h7-10,12,16H,5-6H2,1-4H3. The Kier molecular flexibility index (Phi) is 4.84. The molecule has 2 aromatic heterocycles. The van der Waals surface area contributed by atoms with E-state index in [0.29, 0.717) is 17.8 Å². The minimum absolute atomic E-state index is 0.218. The van der Waals surface area contributed by atoms with Crippen molar-refractivity contribution in [2.75, 3.05) is 7.05 Å². The highest BCUT2D eigenvalue weighted by molar-refractivity contribution is 5.53. The fraction of sp³-hybridized carbons (Fsp3) is 0.533. The maximum Gasteiger partial charge on any atom is 0.231 e. The zero-order chi connectivity index (χ0) is 14.5. The molecular weight excluding hydrogens is 252 g/mol. The summed E-state index contributed by atoms with van der Waals surface area (Å²) < 4.78 is 5.45. The molecule has 2 heterocycles. The third-order valence-corrected chi connectivity index (χ3v) is 3.74. The summed E-state index contributed by atoms with van der Waals surface area (Å²) in [5.41, 5.74) is 1.95. The minimum Gasteiger partial charge on any atom is -0.339 e. The maximum absolute atomic E-state index is 5.45. The van der Waals surface area contributed by atoms with Crippen molar-refractivity contribution < 1.29 is 4.52 Å². The Hall–Kier alpha value is -1.75. The van der Waals surface area contributed by atoms with Crippen LogP contribution >= 0.6 is 0 Å². The summed E-state index contributed by atoms with van der Waals surface area (Å²) in [7, 11) is 1.94. The molecule has 2 rings (SSSR count). The van der Waals surface area contributed by atoms with E-state index >= 15 is 0 Å². The first-order valence-corrected chi connectivity index (χ1v) is 7.16. The third-order valence-electron chi connectivity index (χ3n) is 3.74. The Labute approximate surface area is 119 Å². The molecule has 2 unspecified atom stereocenters. The van der Waals surface area contributed by atoms with Crippen molar-refractivity contribution in [1.82, 2.24) is 20.4 Å². The maximum atomic E-state index is 5.45. The second-order valence-electron chi connectivity index (χ2n) is 4.91. The average molecular weight is 274 g/mol. The second-order valence-corrected chi connectivity index (χ2v) is 4.91. The van der Waals surface area contributed by atoms with Gasteiger partial charge in [0.1, 0.15) is 5.69 Å². The number of hydrogen-bond acceptors (Lipinski definition) is 5. The Bertz CT molecular complexity index is 552. The van der Waals surface area contributed by atoms with Crippen LogP contribution in [0.3, 0.4) is 0 Å². The van der Waals surface area contributed by atoms with Crippen LogP contribution < -0.4 is 5.32 Å². The Morgan fingerprint density at radius 3 is 2.80 bits per heavy atom. The van der Waals surface area contributed by atoms with Crippen LogP contribution in [0.1, 0.15) is 44.6 Å². The van der Waals surface area contributed by atoms with Crippen molar-refractivity contribution in [2.45, 2.75) is 45.6 Å². The normalized spacial score (nSPS) is 14.2. The van der Waals surface area contributed by atoms with Gasteiger partial charge in [0.25, 0.3) is 0 Å². The molecule has 0 spiro atoms. The van der Waals surface area contributed by atoms with E-state index in [1.807, 2.05) is 19.2 Å². The molecule has 2 aromatic rings. The van der Waals surface area contributed by atoms with Gasteiger partial charge in [-0.15, -0.1) is 0 Å². The minimum atomic E-state index is 0.218. The van der Waals surface area contributed by atoms with E-state index in [4.69, 9.17) is 4.52 Å². The topological polar surface area (TPSA) is 63.8 Å². The fourth-order valence-corrected chi connectivity index (χ4v) is 2.35. The van der Waals surface area contributed by atoms with Crippen molar-refractivity contribution >= 4 is 0 Å². The van der Waals surface area contributed by atoms with Gasteiger partial charge in [0.05, 0.1) is 5.92 Å². The van der Waals surface area contributed by atoms with Gasteiger partial charge in [0.15, 0.2) is 0 Å². The number of nitrogens with zero attached hydrogens (tertiary/aromatic N) is 3. The lowest BCUT2D eigenvalue weighted by atomic mass is 9.98. The lowest BCUT2D eigenvalue weighted by molar-refractivity contribution is 0.322. The summed E-state index contributed by atoms with van der Waals surface area (Å²) in [6.07, 6.45) is 3.61. The molecule has 0 radical (unpaired) electrons. The van der Waals surface area contributed by atoms with E-state index in [9.17, 15) is 0 Å². The molecule has 5 nitrogen and oxygen atoms in total. The number of hydrogen-bond donors (Lipinski definition) is 1. The Morgan fingerprint density at radius 1 is 1.35 bits per heavy atom. The summed E-state index contributed by atoms with van der Waals surface area (Å²) in [6, 6.07) is 4.27. The van der Waals surface area contributed by atoms with Gasteiger partial charge < -0.3 is 9.84 Å². The highest BCUT2D eigenvalue weighted by Gasteiger charge is 2.23. The van der Waals surface area contributed by atoms with Crippen LogP contribution in [-0.4, -0.2) is 28.2 Å². The molecular formula is C15H22N4O. The molecule has 0 aliphatic rings. The lowest BCUT2D eigenvalue weighted by Crippen LogP contribution is -2.28. The molecule has 0 amide bonds. The molecule has 0 bridgehead atoms. The van der Waals surface area contributed by atoms with Crippen LogP contribution in [0.4, 0.5) is 0 Å².